The zero-order valence-electron chi connectivity index (χ0n) is 4.73. The molecule has 0 N–H and O–H groups in total. The van der Waals surface area contributed by atoms with Gasteiger partial charge in [-0.25, -0.2) is 0 Å². The molecule has 0 saturated carbocycles. The summed E-state index contributed by atoms with van der Waals surface area (Å²) in [7, 11) is 0. The van der Waals surface area contributed by atoms with Crippen molar-refractivity contribution >= 4 is 37.7 Å². The molecule has 64 valence electrons. The zero-order valence-corrected chi connectivity index (χ0v) is 9.30. The van der Waals surface area contributed by atoms with Crippen LogP contribution in [0.4, 0.5) is 0 Å². The average molecular weight is 278 g/mol. The van der Waals surface area contributed by atoms with Crippen molar-refractivity contribution in [2.24, 2.45) is 0 Å². The molecule has 0 unspecified atom stereocenters. The van der Waals surface area contributed by atoms with E-state index >= 15 is 0 Å². The Labute approximate surface area is 93.9 Å². The molecule has 0 heterocycles. The molecule has 0 aliphatic heterocycles. The van der Waals surface area contributed by atoms with E-state index in [9.17, 15) is 0 Å². The predicted octanol–water partition coefficient (Wildman–Crippen LogP) is -3.48. The molecule has 0 radical (unpaired) electrons. The van der Waals surface area contributed by atoms with Gasteiger partial charge in [-0.2, -0.15) is 0 Å². The van der Waals surface area contributed by atoms with E-state index in [1.165, 1.54) is 0 Å². The molecule has 0 aliphatic rings. The van der Waals surface area contributed by atoms with Gasteiger partial charge in [0.05, 0.1) is 0 Å². The second-order valence-corrected chi connectivity index (χ2v) is 3.12. The van der Waals surface area contributed by atoms with Crippen molar-refractivity contribution in [1.82, 2.24) is 0 Å². The quantitative estimate of drug-likeness (QED) is 0.414. The van der Waals surface area contributed by atoms with Crippen LogP contribution in [0.15, 0.2) is 0 Å². The fourth-order valence-electron chi connectivity index (χ4n) is 0. The van der Waals surface area contributed by atoms with E-state index in [2.05, 4.69) is 0 Å². The maximum absolute atomic E-state index is 8.58. The van der Waals surface area contributed by atoms with Gasteiger partial charge in [0.2, 0.25) is 0 Å². The van der Waals surface area contributed by atoms with Gasteiger partial charge in [0, 0.05) is 0 Å². The molecule has 8 nitrogen and oxygen atoms in total. The number of hydrogen-bond donors (Lipinski definition) is 0. The molecule has 0 atom stereocenters. The Balaban J connectivity index is -0.000000107. The van der Waals surface area contributed by atoms with Gasteiger partial charge >= 0.3 is 95.1 Å². The third kappa shape index (κ3) is 864. The summed E-state index contributed by atoms with van der Waals surface area (Å²) in [6.07, 6.45) is 0. The summed E-state index contributed by atoms with van der Waals surface area (Å²) in [5.74, 6) is 0. The topological polar surface area (TPSA) is 149 Å². The summed E-state index contributed by atoms with van der Waals surface area (Å²) in [6, 6.07) is 0. The average Bonchev–Trinajstić information content (AvgIpc) is 1.12. The Bertz CT molecular complexity index is 296. The van der Waals surface area contributed by atoms with Crippen LogP contribution in [0.3, 0.4) is 0 Å². The minimum atomic E-state index is -5.62. The molecular formula is CaMn2O8. The van der Waals surface area contributed by atoms with Crippen molar-refractivity contribution in [3.05, 3.63) is 0 Å². The fraction of sp³-hybridized carbons (Fsp3) is 0. The minimum absolute atomic E-state index is 0. The van der Waals surface area contributed by atoms with Crippen LogP contribution in [0.25, 0.3) is 0 Å². The van der Waals surface area contributed by atoms with Crippen LogP contribution in [0, 0.1) is 0 Å². The normalized spacial score (nSPS) is 10.4. The first-order valence-corrected chi connectivity index (χ1v) is 5.09. The van der Waals surface area contributed by atoms with E-state index in [-0.39, 0.29) is 37.7 Å². The van der Waals surface area contributed by atoms with Crippen LogP contribution in [0.2, 0.25) is 0 Å². The Morgan fingerprint density at radius 2 is 0.636 bits per heavy atom. The molecule has 0 aromatic carbocycles. The fourth-order valence-corrected chi connectivity index (χ4v) is 0. The number of hydrogen-bond acceptors (Lipinski definition) is 8. The Morgan fingerprint density at radius 1 is 0.636 bits per heavy atom. The zero-order chi connectivity index (χ0) is 9.00. The molecule has 0 spiro atoms. The monoisotopic (exact) mass is 278 g/mol. The predicted molar refractivity (Wildman–Crippen MR) is 9.87 cm³/mol. The van der Waals surface area contributed by atoms with Crippen LogP contribution in [-0.4, -0.2) is 37.7 Å². The summed E-state index contributed by atoms with van der Waals surface area (Å²) in [6.45, 7) is 0. The van der Waals surface area contributed by atoms with Gasteiger partial charge in [0.25, 0.3) is 0 Å². The van der Waals surface area contributed by atoms with E-state index in [1.807, 2.05) is 0 Å². The standard InChI is InChI=1S/Ca.2Mn.8O/q+2;;;;;;;;;2*-1. The molecule has 0 fully saturated rings. The van der Waals surface area contributed by atoms with Crippen molar-refractivity contribution in [2.75, 3.05) is 0 Å². The summed E-state index contributed by atoms with van der Waals surface area (Å²) >= 11 is -11.2. The van der Waals surface area contributed by atoms with Crippen molar-refractivity contribution < 1.29 is 57.3 Å². The molecule has 0 saturated heterocycles. The van der Waals surface area contributed by atoms with Crippen LogP contribution in [-0.2, 0) is 48.9 Å². The van der Waals surface area contributed by atoms with Crippen molar-refractivity contribution in [3.8, 4) is 0 Å². The molecule has 11 heteroatoms. The van der Waals surface area contributed by atoms with Crippen LogP contribution >= 0.6 is 0 Å². The van der Waals surface area contributed by atoms with E-state index < -0.39 is 25.9 Å². The third-order valence-electron chi connectivity index (χ3n) is 0. The van der Waals surface area contributed by atoms with Gasteiger partial charge in [-0.3, -0.25) is 0 Å². The molecular weight excluding hydrogens is 278 g/mol. The first-order chi connectivity index (χ1) is 4.00. The molecule has 0 aliphatic carbocycles. The Kier molecular flexibility index (Phi) is 10.6. The van der Waals surface area contributed by atoms with Gasteiger partial charge in [-0.1, -0.05) is 0 Å². The molecule has 0 amide bonds. The van der Waals surface area contributed by atoms with E-state index in [0.29, 0.717) is 0 Å². The van der Waals surface area contributed by atoms with Crippen molar-refractivity contribution in [3.63, 3.8) is 0 Å². The molecule has 0 aromatic rings. The van der Waals surface area contributed by atoms with E-state index in [0.717, 1.165) is 0 Å². The first kappa shape index (κ1) is 17.9. The van der Waals surface area contributed by atoms with Crippen LogP contribution in [0.1, 0.15) is 0 Å². The molecule has 0 aromatic heterocycles. The third-order valence-corrected chi connectivity index (χ3v) is 0. The van der Waals surface area contributed by atoms with Crippen LogP contribution in [0.5, 0.6) is 0 Å². The van der Waals surface area contributed by atoms with Crippen molar-refractivity contribution in [2.45, 2.75) is 0 Å². The van der Waals surface area contributed by atoms with Gasteiger partial charge in [-0.05, 0) is 0 Å². The summed E-state index contributed by atoms with van der Waals surface area (Å²) in [4.78, 5) is 0. The second kappa shape index (κ2) is 6.53. The maximum atomic E-state index is 8.58. The molecule has 0 rings (SSSR count). The van der Waals surface area contributed by atoms with Gasteiger partial charge in [-0.15, -0.1) is 0 Å². The second-order valence-electron chi connectivity index (χ2n) is 0.756. The summed E-state index contributed by atoms with van der Waals surface area (Å²) < 4.78 is 68.6. The van der Waals surface area contributed by atoms with Crippen molar-refractivity contribution in [1.29, 1.82) is 0 Å². The van der Waals surface area contributed by atoms with E-state index in [4.69, 9.17) is 31.4 Å². The SMILES string of the molecule is [Ca+2].[O]=[Mn](=[O])(=[O])[O-].[O]=[Mn](=[O])(=[O])[O-]. The van der Waals surface area contributed by atoms with Gasteiger partial charge < -0.3 is 0 Å². The molecule has 0 bridgehead atoms. The van der Waals surface area contributed by atoms with E-state index in [1.54, 1.807) is 0 Å². The summed E-state index contributed by atoms with van der Waals surface area (Å²) in [5.41, 5.74) is 0. The Hall–Kier alpha value is 1.02. The first-order valence-electron chi connectivity index (χ1n) is 1.23. The molecule has 11 heavy (non-hydrogen) atoms. The van der Waals surface area contributed by atoms with Gasteiger partial charge in [0.1, 0.15) is 0 Å². The van der Waals surface area contributed by atoms with Crippen LogP contribution < -0.4 is 8.38 Å². The Morgan fingerprint density at radius 3 is 0.636 bits per heavy atom. The summed E-state index contributed by atoms with van der Waals surface area (Å²) in [5, 5.41) is 0. The van der Waals surface area contributed by atoms with Gasteiger partial charge in [0.15, 0.2) is 0 Å². The number of rotatable bonds is 0.